The number of nitrogens with zero attached hydrogens (tertiary/aromatic N) is 3. The molecule has 1 aliphatic rings. The Morgan fingerprint density at radius 3 is 3.04 bits per heavy atom. The van der Waals surface area contributed by atoms with Crippen LogP contribution in [-0.4, -0.2) is 39.7 Å². The molecule has 5 nitrogen and oxygen atoms in total. The van der Waals surface area contributed by atoms with Crippen LogP contribution in [0.15, 0.2) is 23.6 Å². The maximum absolute atomic E-state index is 12.3. The predicted molar refractivity (Wildman–Crippen MR) is 97.1 cm³/mol. The van der Waals surface area contributed by atoms with Gasteiger partial charge in [0.15, 0.2) is 0 Å². The van der Waals surface area contributed by atoms with E-state index >= 15 is 0 Å². The van der Waals surface area contributed by atoms with Crippen LogP contribution in [0.3, 0.4) is 0 Å². The summed E-state index contributed by atoms with van der Waals surface area (Å²) in [6.45, 7) is 7.72. The first-order valence-corrected chi connectivity index (χ1v) is 9.53. The molecule has 1 fully saturated rings. The van der Waals surface area contributed by atoms with Gasteiger partial charge in [0, 0.05) is 42.7 Å². The third-order valence-corrected chi connectivity index (χ3v) is 5.35. The van der Waals surface area contributed by atoms with Gasteiger partial charge in [-0.3, -0.25) is 14.4 Å². The van der Waals surface area contributed by atoms with Crippen molar-refractivity contribution in [1.82, 2.24) is 20.0 Å². The molecule has 6 heteroatoms. The van der Waals surface area contributed by atoms with Crippen molar-refractivity contribution in [2.45, 2.75) is 52.2 Å². The fraction of sp³-hybridized carbons (Fsp3) is 0.556. The quantitative estimate of drug-likeness (QED) is 0.875. The van der Waals surface area contributed by atoms with Crippen molar-refractivity contribution in [3.63, 3.8) is 0 Å². The van der Waals surface area contributed by atoms with E-state index in [0.717, 1.165) is 43.9 Å². The second kappa shape index (κ2) is 7.94. The number of carbonyl (C=O) groups is 1. The maximum Gasteiger partial charge on any atom is 0.222 e. The number of thiophene rings is 1. The number of aromatic nitrogens is 2. The van der Waals surface area contributed by atoms with Gasteiger partial charge in [0.2, 0.25) is 5.91 Å². The molecular weight excluding hydrogens is 320 g/mol. The number of carbonyl (C=O) groups excluding carboxylic acids is 1. The van der Waals surface area contributed by atoms with E-state index in [1.54, 1.807) is 11.3 Å². The molecule has 1 unspecified atom stereocenters. The summed E-state index contributed by atoms with van der Waals surface area (Å²) in [5.74, 6) is 0.130. The van der Waals surface area contributed by atoms with E-state index in [1.807, 2.05) is 24.6 Å². The number of piperidine rings is 1. The lowest BCUT2D eigenvalue weighted by Gasteiger charge is -2.32. The SMILES string of the molecule is Cc1cc(C)n(CCC(=O)NC2CCCN(Cc3cccs3)C2)n1. The summed E-state index contributed by atoms with van der Waals surface area (Å²) in [5.41, 5.74) is 2.12. The number of rotatable bonds is 6. The highest BCUT2D eigenvalue weighted by molar-refractivity contribution is 7.09. The molecule has 0 saturated carbocycles. The van der Waals surface area contributed by atoms with Crippen LogP contribution in [0.4, 0.5) is 0 Å². The molecule has 1 aliphatic heterocycles. The van der Waals surface area contributed by atoms with Gasteiger partial charge in [0.05, 0.1) is 5.69 Å². The summed E-state index contributed by atoms with van der Waals surface area (Å²) in [6.07, 6.45) is 2.71. The molecule has 1 N–H and O–H groups in total. The van der Waals surface area contributed by atoms with Gasteiger partial charge in [-0.25, -0.2) is 0 Å². The van der Waals surface area contributed by atoms with Gasteiger partial charge in [-0.2, -0.15) is 5.10 Å². The summed E-state index contributed by atoms with van der Waals surface area (Å²) >= 11 is 1.80. The van der Waals surface area contributed by atoms with Crippen LogP contribution >= 0.6 is 11.3 Å². The van der Waals surface area contributed by atoms with E-state index in [2.05, 4.69) is 32.8 Å². The van der Waals surface area contributed by atoms with Gasteiger partial charge in [0.1, 0.15) is 0 Å². The molecule has 2 aromatic rings. The fourth-order valence-corrected chi connectivity index (χ4v) is 4.09. The third kappa shape index (κ3) is 4.68. The van der Waals surface area contributed by atoms with Gasteiger partial charge in [-0.1, -0.05) is 6.07 Å². The zero-order valence-corrected chi connectivity index (χ0v) is 15.3. The number of aryl methyl sites for hydroxylation is 3. The lowest BCUT2D eigenvalue weighted by Crippen LogP contribution is -2.47. The van der Waals surface area contributed by atoms with Gasteiger partial charge in [-0.15, -0.1) is 11.3 Å². The minimum absolute atomic E-state index is 0.130. The highest BCUT2D eigenvalue weighted by atomic mass is 32.1. The van der Waals surface area contributed by atoms with Crippen molar-refractivity contribution in [3.8, 4) is 0 Å². The van der Waals surface area contributed by atoms with E-state index in [1.165, 1.54) is 4.88 Å². The molecule has 1 saturated heterocycles. The molecule has 0 spiro atoms. The number of nitrogens with one attached hydrogen (secondary N) is 1. The first kappa shape index (κ1) is 17.2. The molecule has 3 rings (SSSR count). The molecule has 0 aliphatic carbocycles. The molecule has 0 radical (unpaired) electrons. The van der Waals surface area contributed by atoms with Crippen LogP contribution in [0.1, 0.15) is 35.5 Å². The molecule has 0 aromatic carbocycles. The Morgan fingerprint density at radius 1 is 1.46 bits per heavy atom. The normalized spacial score (nSPS) is 18.7. The van der Waals surface area contributed by atoms with Crippen molar-refractivity contribution in [1.29, 1.82) is 0 Å². The van der Waals surface area contributed by atoms with E-state index in [4.69, 9.17) is 0 Å². The summed E-state index contributed by atoms with van der Waals surface area (Å²) in [6, 6.07) is 6.59. The first-order valence-electron chi connectivity index (χ1n) is 8.65. The van der Waals surface area contributed by atoms with Crippen LogP contribution in [0.5, 0.6) is 0 Å². The van der Waals surface area contributed by atoms with Crippen LogP contribution in [-0.2, 0) is 17.9 Å². The largest absolute Gasteiger partial charge is 0.352 e. The molecule has 0 bridgehead atoms. The second-order valence-electron chi connectivity index (χ2n) is 6.62. The molecule has 3 heterocycles. The summed E-state index contributed by atoms with van der Waals surface area (Å²) < 4.78 is 1.92. The van der Waals surface area contributed by atoms with Crippen molar-refractivity contribution < 1.29 is 4.79 Å². The minimum Gasteiger partial charge on any atom is -0.352 e. The molecule has 2 aromatic heterocycles. The van der Waals surface area contributed by atoms with Gasteiger partial charge in [0.25, 0.3) is 0 Å². The number of likely N-dealkylation sites (tertiary alicyclic amines) is 1. The minimum atomic E-state index is 0.130. The van der Waals surface area contributed by atoms with E-state index < -0.39 is 0 Å². The van der Waals surface area contributed by atoms with Crippen molar-refractivity contribution >= 4 is 17.2 Å². The molecule has 1 amide bonds. The van der Waals surface area contributed by atoms with Crippen LogP contribution in [0.25, 0.3) is 0 Å². The Bertz CT molecular complexity index is 665. The number of hydrogen-bond acceptors (Lipinski definition) is 4. The number of hydrogen-bond donors (Lipinski definition) is 1. The Hall–Kier alpha value is -1.66. The highest BCUT2D eigenvalue weighted by Crippen LogP contribution is 2.17. The van der Waals surface area contributed by atoms with Gasteiger partial charge < -0.3 is 5.32 Å². The zero-order chi connectivity index (χ0) is 16.9. The first-order chi connectivity index (χ1) is 11.6. The van der Waals surface area contributed by atoms with E-state index in [-0.39, 0.29) is 11.9 Å². The Kier molecular flexibility index (Phi) is 5.68. The molecule has 130 valence electrons. The number of amides is 1. The van der Waals surface area contributed by atoms with Crippen LogP contribution in [0.2, 0.25) is 0 Å². The van der Waals surface area contributed by atoms with Crippen molar-refractivity contribution in [3.05, 3.63) is 39.8 Å². The summed E-state index contributed by atoms with van der Waals surface area (Å²) in [7, 11) is 0. The lowest BCUT2D eigenvalue weighted by atomic mass is 10.1. The summed E-state index contributed by atoms with van der Waals surface area (Å²) in [4.78, 5) is 16.1. The third-order valence-electron chi connectivity index (χ3n) is 4.48. The van der Waals surface area contributed by atoms with Crippen LogP contribution < -0.4 is 5.32 Å². The van der Waals surface area contributed by atoms with Gasteiger partial charge in [-0.05, 0) is 50.7 Å². The van der Waals surface area contributed by atoms with E-state index in [9.17, 15) is 4.79 Å². The Labute approximate surface area is 147 Å². The Balaban J connectivity index is 1.44. The average Bonchev–Trinajstić information content (AvgIpc) is 3.15. The standard InChI is InChI=1S/C18H26N4OS/c1-14-11-15(2)22(20-14)9-7-18(23)19-16-5-3-8-21(12-16)13-17-6-4-10-24-17/h4,6,10-11,16H,3,5,7-9,12-13H2,1-2H3,(H,19,23). The van der Waals surface area contributed by atoms with Gasteiger partial charge >= 0.3 is 0 Å². The van der Waals surface area contributed by atoms with Crippen molar-refractivity contribution in [2.24, 2.45) is 0 Å². The maximum atomic E-state index is 12.3. The van der Waals surface area contributed by atoms with E-state index in [0.29, 0.717) is 13.0 Å². The lowest BCUT2D eigenvalue weighted by molar-refractivity contribution is -0.122. The summed E-state index contributed by atoms with van der Waals surface area (Å²) in [5, 5.41) is 9.74. The van der Waals surface area contributed by atoms with Crippen LogP contribution in [0, 0.1) is 13.8 Å². The fourth-order valence-electron chi connectivity index (χ4n) is 3.35. The predicted octanol–water partition coefficient (Wildman–Crippen LogP) is 2.73. The smallest absolute Gasteiger partial charge is 0.222 e. The molecular formula is C18H26N4OS. The second-order valence-corrected chi connectivity index (χ2v) is 7.65. The Morgan fingerprint density at radius 2 is 2.33 bits per heavy atom. The highest BCUT2D eigenvalue weighted by Gasteiger charge is 2.21. The zero-order valence-electron chi connectivity index (χ0n) is 14.5. The molecule has 24 heavy (non-hydrogen) atoms. The average molecular weight is 347 g/mol. The topological polar surface area (TPSA) is 50.2 Å². The monoisotopic (exact) mass is 346 g/mol. The molecule has 1 atom stereocenters. The van der Waals surface area contributed by atoms with Crippen molar-refractivity contribution in [2.75, 3.05) is 13.1 Å².